The van der Waals surface area contributed by atoms with Gasteiger partial charge in [-0.25, -0.2) is 9.59 Å². The van der Waals surface area contributed by atoms with Crippen LogP contribution in [0.2, 0.25) is 0 Å². The molecule has 11 N–H and O–H groups in total. The molecule has 0 amide bonds. The first-order valence-corrected chi connectivity index (χ1v) is 25.6. The molecule has 1 aliphatic carbocycles. The van der Waals surface area contributed by atoms with Crippen LogP contribution in [0.4, 0.5) is 0 Å². The number of nitrogens with zero attached hydrogens (tertiary/aromatic N) is 2. The lowest BCUT2D eigenvalue weighted by Gasteiger charge is -2.62. The number of allylic oxidation sites excluding steroid dienone is 4. The number of aliphatic hydroxyl groups is 5. The number of esters is 2. The topological polar surface area (TPSA) is 342 Å². The number of amidine groups is 2. The van der Waals surface area contributed by atoms with Crippen LogP contribution in [-0.2, 0) is 25.5 Å². The van der Waals surface area contributed by atoms with E-state index in [1.807, 2.05) is 40.7 Å². The minimum absolute atomic E-state index is 0.0229. The van der Waals surface area contributed by atoms with Crippen molar-refractivity contribution in [1.29, 1.82) is 0 Å². The van der Waals surface area contributed by atoms with Crippen LogP contribution >= 0.6 is 0 Å². The minimum atomic E-state index is -2.68. The van der Waals surface area contributed by atoms with Crippen LogP contribution in [0.15, 0.2) is 75.6 Å². The number of hydrogen-bond acceptors (Lipinski definition) is 19. The van der Waals surface area contributed by atoms with E-state index in [0.29, 0.717) is 18.4 Å². The Bertz CT molecular complexity index is 2760. The molecule has 1 saturated carbocycles. The van der Waals surface area contributed by atoms with E-state index >= 15 is 9.59 Å². The summed E-state index contributed by atoms with van der Waals surface area (Å²) in [5, 5.41) is 81.5. The molecule has 21 nitrogen and oxygen atoms in total. The molecule has 3 aliphatic heterocycles. The highest BCUT2D eigenvalue weighted by atomic mass is 16.7. The summed E-state index contributed by atoms with van der Waals surface area (Å²) in [6, 6.07) is 5.31. The normalized spacial score (nSPS) is 29.9. The fourth-order valence-corrected chi connectivity index (χ4v) is 11.0. The zero-order valence-electron chi connectivity index (χ0n) is 45.3. The van der Waals surface area contributed by atoms with Crippen molar-refractivity contribution >= 4 is 41.3 Å². The number of carbonyl (C=O) groups excluding carboxylic acids is 4. The number of rotatable bonds is 18. The van der Waals surface area contributed by atoms with Crippen LogP contribution in [-0.4, -0.2) is 132 Å². The number of nitrogens with two attached hydrogens (primary N) is 2. The quantitative estimate of drug-likeness (QED) is 0.0140. The molecule has 6 rings (SSSR count). The second-order valence-corrected chi connectivity index (χ2v) is 21.5. The first-order valence-electron chi connectivity index (χ1n) is 25.6. The van der Waals surface area contributed by atoms with Gasteiger partial charge in [-0.3, -0.25) is 9.59 Å². The van der Waals surface area contributed by atoms with Crippen molar-refractivity contribution in [2.45, 2.75) is 142 Å². The Morgan fingerprint density at radius 1 is 0.883 bits per heavy atom. The van der Waals surface area contributed by atoms with Crippen LogP contribution in [0.3, 0.4) is 0 Å². The van der Waals surface area contributed by atoms with Crippen molar-refractivity contribution in [2.75, 3.05) is 13.7 Å². The van der Waals surface area contributed by atoms with Gasteiger partial charge in [0, 0.05) is 29.4 Å². The molecule has 0 bridgehead atoms. The largest absolute Gasteiger partial charge is 0.482 e. The number of fused-ring (bicyclic) bond motifs is 3. The summed E-state index contributed by atoms with van der Waals surface area (Å²) >= 11 is 0. The van der Waals surface area contributed by atoms with Crippen molar-refractivity contribution in [3.8, 4) is 23.0 Å². The van der Waals surface area contributed by atoms with E-state index in [9.17, 15) is 45.5 Å². The van der Waals surface area contributed by atoms with Gasteiger partial charge in [0.05, 0.1) is 36.7 Å². The van der Waals surface area contributed by atoms with Gasteiger partial charge in [0.25, 0.3) is 0 Å². The summed E-state index contributed by atoms with van der Waals surface area (Å²) in [6.07, 6.45) is 1.41. The molecule has 13 atom stereocenters. The Balaban J connectivity index is 1.68. The van der Waals surface area contributed by atoms with Gasteiger partial charge in [0.1, 0.15) is 64.5 Å². The lowest BCUT2D eigenvalue weighted by Crippen LogP contribution is -2.79. The average molecular weight is 1080 g/mol. The molecule has 8 unspecified atom stereocenters. The molecule has 0 spiro atoms. The van der Waals surface area contributed by atoms with Crippen LogP contribution in [0.1, 0.15) is 120 Å². The summed E-state index contributed by atoms with van der Waals surface area (Å²) in [6.45, 7) is 17.0. The highest BCUT2D eigenvalue weighted by molar-refractivity contribution is 6.12. The number of Topliss-reactive ketones (excluding diaryl/α,β-unsaturated/α-hetero) is 2. The molecule has 1 saturated heterocycles. The van der Waals surface area contributed by atoms with Crippen LogP contribution < -0.4 is 30.4 Å². The van der Waals surface area contributed by atoms with Gasteiger partial charge < -0.3 is 75.8 Å². The van der Waals surface area contributed by atoms with Crippen molar-refractivity contribution < 1.29 is 83.5 Å². The molecule has 2 fully saturated rings. The number of oxime groups is 2. The molecule has 77 heavy (non-hydrogen) atoms. The molecule has 3 heterocycles. The van der Waals surface area contributed by atoms with Crippen molar-refractivity contribution in [2.24, 2.45) is 57.3 Å². The van der Waals surface area contributed by atoms with E-state index in [0.717, 1.165) is 11.1 Å². The van der Waals surface area contributed by atoms with Gasteiger partial charge in [-0.15, -0.1) is 0 Å². The highest BCUT2D eigenvalue weighted by Gasteiger charge is 2.75. The minimum Gasteiger partial charge on any atom is -0.482 e. The predicted molar refractivity (Wildman–Crippen MR) is 281 cm³/mol. The van der Waals surface area contributed by atoms with Crippen molar-refractivity contribution in [3.05, 3.63) is 87.5 Å². The highest BCUT2D eigenvalue weighted by Crippen LogP contribution is 2.63. The number of aliphatic hydroxyl groups excluding tert-OH is 4. The van der Waals surface area contributed by atoms with Crippen LogP contribution in [0, 0.1) is 35.5 Å². The maximum atomic E-state index is 16.7. The van der Waals surface area contributed by atoms with Crippen molar-refractivity contribution in [1.82, 2.24) is 0 Å². The summed E-state index contributed by atoms with van der Waals surface area (Å²) in [4.78, 5) is 59.9. The van der Waals surface area contributed by atoms with E-state index in [1.165, 1.54) is 51.3 Å². The van der Waals surface area contributed by atoms with E-state index in [-0.39, 0.29) is 51.7 Å². The predicted octanol–water partition coefficient (Wildman–Crippen LogP) is 4.91. The Kier molecular flexibility index (Phi) is 18.2. The number of ether oxygens (including phenoxy) is 6. The van der Waals surface area contributed by atoms with Gasteiger partial charge in [-0.1, -0.05) is 67.4 Å². The van der Waals surface area contributed by atoms with Gasteiger partial charge in [0.15, 0.2) is 28.5 Å². The van der Waals surface area contributed by atoms with Crippen LogP contribution in [0.25, 0.3) is 6.08 Å². The third-order valence-electron chi connectivity index (χ3n) is 15.6. The Morgan fingerprint density at radius 3 is 2.06 bits per heavy atom. The lowest BCUT2D eigenvalue weighted by atomic mass is 9.47. The van der Waals surface area contributed by atoms with Crippen LogP contribution in [0.5, 0.6) is 23.0 Å². The number of ketones is 2. The molecule has 2 aromatic rings. The standard InChI is InChI=1S/C56H74N4O17/c1-26(2)13-12-22-54(10)23-21-35-45(76-54)34(19-14-27(3)4)47-39(46(35)75-52(68)32-15-17-33(18-16-32)73-53-44(65)43(64)41(62)36(25-61)74-53)42(63)40-37(38(49(57)59-70)50(58)60-71)30(8)48(66)55(69,24-20-29(7)51(67)72-11)56(40,77-47)31(9)28(5)6/h13-18,20-21,23,28,30-31,36-38,40-41,43-44,53,61-62,64-65,69-71H,12,19,22,24-25H2,1-11H3,(H2,57,59)(H2,58,60)/b29-20-/t30?,31?,36-,37?,40?,41-,43+,44-,53-,54?,55?,56?/m1/s1. The summed E-state index contributed by atoms with van der Waals surface area (Å²) < 4.78 is 37.1. The zero-order chi connectivity index (χ0) is 57.2. The monoisotopic (exact) mass is 1070 g/mol. The fraction of sp³-hybridized carbons (Fsp3) is 0.536. The zero-order valence-corrected chi connectivity index (χ0v) is 45.3. The second-order valence-electron chi connectivity index (χ2n) is 21.5. The molecule has 0 radical (unpaired) electrons. The van der Waals surface area contributed by atoms with Crippen molar-refractivity contribution in [3.63, 3.8) is 0 Å². The molecule has 2 aromatic carbocycles. The average Bonchev–Trinajstić information content (AvgIpc) is 3.46. The van der Waals surface area contributed by atoms with Gasteiger partial charge >= 0.3 is 11.9 Å². The Morgan fingerprint density at radius 2 is 1.51 bits per heavy atom. The molecule has 4 aliphatic rings. The molecular formula is C56H74N4O17. The van der Waals surface area contributed by atoms with Gasteiger partial charge in [-0.05, 0) is 109 Å². The third kappa shape index (κ3) is 11.1. The maximum absolute atomic E-state index is 16.7. The second kappa shape index (κ2) is 23.5. The summed E-state index contributed by atoms with van der Waals surface area (Å²) in [5.74, 6) is -12.9. The first-order chi connectivity index (χ1) is 36.2. The molecule has 0 aromatic heterocycles. The van der Waals surface area contributed by atoms with E-state index < -0.39 is 131 Å². The smallest absolute Gasteiger partial charge is 0.343 e. The van der Waals surface area contributed by atoms with Gasteiger partial charge in [-0.2, -0.15) is 0 Å². The molecule has 21 heteroatoms. The number of hydrogen-bond donors (Lipinski definition) is 9. The summed E-state index contributed by atoms with van der Waals surface area (Å²) in [7, 11) is 1.17. The molecular weight excluding hydrogens is 1000 g/mol. The number of carbonyl (C=O) groups is 4. The SMILES string of the molecule is COC(=O)/C(C)=C\CC1(O)C(=O)C(C)C(C(/C(N)=N/O)/C(N)=N\O)C2C(=O)c3c(OC(=O)c4ccc(O[C@@H]5O[C@H](CO)[C@@H](O)[C@H](O)[C@H]5O)cc4)c4c(c(CC=C(C)C)c3OC21C(C)C(C)C)OC(C)(CCC=C(C)C)C=C4. The Hall–Kier alpha value is -6.62. The first kappa shape index (κ1) is 59.6. The maximum Gasteiger partial charge on any atom is 0.343 e. The molecule has 420 valence electrons. The van der Waals surface area contributed by atoms with Gasteiger partial charge in [0.2, 0.25) is 6.29 Å². The Labute approximate surface area is 447 Å². The van der Waals surface area contributed by atoms with E-state index in [4.69, 9.17) is 39.9 Å². The fourth-order valence-electron chi connectivity index (χ4n) is 11.0. The number of benzene rings is 2. The van der Waals surface area contributed by atoms with E-state index in [2.05, 4.69) is 16.4 Å². The number of methoxy groups -OCH3 is 1. The lowest BCUT2D eigenvalue weighted by molar-refractivity contribution is -0.277. The third-order valence-corrected chi connectivity index (χ3v) is 15.6. The van der Waals surface area contributed by atoms with E-state index in [1.54, 1.807) is 32.9 Å². The summed E-state index contributed by atoms with van der Waals surface area (Å²) in [5.41, 5.74) is 8.75.